The highest BCUT2D eigenvalue weighted by molar-refractivity contribution is 6.05. The van der Waals surface area contributed by atoms with E-state index in [1.165, 1.54) is 0 Å². The molecule has 0 bridgehead atoms. The maximum Gasteiger partial charge on any atom is 0.229 e. The molecule has 2 aromatic carbocycles. The lowest BCUT2D eigenvalue weighted by Crippen LogP contribution is -2.36. The lowest BCUT2D eigenvalue weighted by molar-refractivity contribution is -0.122. The third-order valence-corrected chi connectivity index (χ3v) is 5.40. The molecule has 0 saturated carbocycles. The van der Waals surface area contributed by atoms with Crippen LogP contribution in [0.4, 0.5) is 11.4 Å². The van der Waals surface area contributed by atoms with Crippen molar-refractivity contribution in [3.63, 3.8) is 0 Å². The van der Waals surface area contributed by atoms with Crippen molar-refractivity contribution in [2.45, 2.75) is 32.3 Å². The molecule has 2 aliphatic rings. The zero-order valence-corrected chi connectivity index (χ0v) is 17.2. The Morgan fingerprint density at radius 3 is 2.60 bits per heavy atom. The molecule has 2 aromatic rings. The van der Waals surface area contributed by atoms with E-state index in [0.717, 1.165) is 5.69 Å². The molecule has 2 amide bonds. The highest BCUT2D eigenvalue weighted by Crippen LogP contribution is 2.35. The van der Waals surface area contributed by atoms with E-state index in [1.54, 1.807) is 54.5 Å². The Balaban J connectivity index is 1.45. The Labute approximate surface area is 175 Å². The summed E-state index contributed by atoms with van der Waals surface area (Å²) in [4.78, 5) is 39.2. The standard InChI is InChI=1S/C23H24N2O5/c1-23(2)12-19(26)18-11-15(4-9-20(18)30-23)24-22(28)14-10-21(27)25(13-14)16-5-7-17(29-3)8-6-16/h4-9,11,14H,10,12-13H2,1-3H3,(H,24,28). The molecular weight excluding hydrogens is 384 g/mol. The van der Waals surface area contributed by atoms with E-state index in [0.29, 0.717) is 29.3 Å². The fraction of sp³-hybridized carbons (Fsp3) is 0.348. The molecule has 1 N–H and O–H groups in total. The number of hydrogen-bond donors (Lipinski definition) is 1. The molecule has 0 spiro atoms. The fourth-order valence-corrected chi connectivity index (χ4v) is 3.87. The molecule has 156 valence electrons. The molecule has 1 saturated heterocycles. The van der Waals surface area contributed by atoms with Crippen LogP contribution in [0.3, 0.4) is 0 Å². The monoisotopic (exact) mass is 408 g/mol. The quantitative estimate of drug-likeness (QED) is 0.838. The van der Waals surface area contributed by atoms with Crippen molar-refractivity contribution in [3.05, 3.63) is 48.0 Å². The normalized spacial score (nSPS) is 19.8. The second-order valence-electron chi connectivity index (χ2n) is 8.27. The van der Waals surface area contributed by atoms with Gasteiger partial charge >= 0.3 is 0 Å². The van der Waals surface area contributed by atoms with Gasteiger partial charge in [0.25, 0.3) is 0 Å². The van der Waals surface area contributed by atoms with E-state index in [2.05, 4.69) is 5.32 Å². The van der Waals surface area contributed by atoms with Gasteiger partial charge in [-0.05, 0) is 56.3 Å². The topological polar surface area (TPSA) is 84.9 Å². The van der Waals surface area contributed by atoms with Crippen molar-refractivity contribution in [1.29, 1.82) is 0 Å². The number of rotatable bonds is 4. The van der Waals surface area contributed by atoms with Crippen molar-refractivity contribution in [3.8, 4) is 11.5 Å². The van der Waals surface area contributed by atoms with Gasteiger partial charge in [-0.25, -0.2) is 0 Å². The number of carbonyl (C=O) groups is 3. The highest BCUT2D eigenvalue weighted by Gasteiger charge is 2.36. The van der Waals surface area contributed by atoms with Crippen molar-refractivity contribution >= 4 is 29.0 Å². The maximum absolute atomic E-state index is 12.8. The van der Waals surface area contributed by atoms with Crippen LogP contribution >= 0.6 is 0 Å². The Kier molecular flexibility index (Phi) is 4.97. The summed E-state index contributed by atoms with van der Waals surface area (Å²) in [5, 5.41) is 2.84. The second-order valence-corrected chi connectivity index (χ2v) is 8.27. The zero-order chi connectivity index (χ0) is 21.5. The summed E-state index contributed by atoms with van der Waals surface area (Å²) in [6, 6.07) is 12.2. The molecule has 2 heterocycles. The number of anilines is 2. The number of ketones is 1. The molecule has 0 aromatic heterocycles. The first-order valence-corrected chi connectivity index (χ1v) is 9.87. The Hall–Kier alpha value is -3.35. The van der Waals surface area contributed by atoms with Gasteiger partial charge in [0, 0.05) is 24.3 Å². The SMILES string of the molecule is COc1ccc(N2CC(C(=O)Nc3ccc4c(c3)C(=O)CC(C)(C)O4)CC2=O)cc1. The largest absolute Gasteiger partial charge is 0.497 e. The summed E-state index contributed by atoms with van der Waals surface area (Å²) >= 11 is 0. The van der Waals surface area contributed by atoms with Gasteiger partial charge in [-0.15, -0.1) is 0 Å². The van der Waals surface area contributed by atoms with Crippen molar-refractivity contribution in [1.82, 2.24) is 0 Å². The number of nitrogens with zero attached hydrogens (tertiary/aromatic N) is 1. The predicted molar refractivity (Wildman–Crippen MR) is 112 cm³/mol. The first-order chi connectivity index (χ1) is 14.3. The average molecular weight is 408 g/mol. The molecule has 7 heteroatoms. The number of benzene rings is 2. The smallest absolute Gasteiger partial charge is 0.229 e. The minimum atomic E-state index is -0.538. The molecule has 0 aliphatic carbocycles. The van der Waals surface area contributed by atoms with Crippen LogP contribution < -0.4 is 19.7 Å². The Bertz CT molecular complexity index is 1010. The minimum Gasteiger partial charge on any atom is -0.497 e. The Morgan fingerprint density at radius 2 is 1.90 bits per heavy atom. The van der Waals surface area contributed by atoms with E-state index in [-0.39, 0.29) is 30.4 Å². The van der Waals surface area contributed by atoms with Crippen LogP contribution in [-0.4, -0.2) is 36.9 Å². The third kappa shape index (κ3) is 3.87. The van der Waals surface area contributed by atoms with Gasteiger partial charge in [-0.1, -0.05) is 0 Å². The van der Waals surface area contributed by atoms with Gasteiger partial charge in [-0.2, -0.15) is 0 Å². The maximum atomic E-state index is 12.8. The molecule has 7 nitrogen and oxygen atoms in total. The van der Waals surface area contributed by atoms with Crippen LogP contribution in [0.25, 0.3) is 0 Å². The molecule has 0 radical (unpaired) electrons. The van der Waals surface area contributed by atoms with Crippen LogP contribution in [0, 0.1) is 5.92 Å². The molecule has 1 unspecified atom stereocenters. The van der Waals surface area contributed by atoms with Gasteiger partial charge in [0.15, 0.2) is 5.78 Å². The van der Waals surface area contributed by atoms with E-state index in [4.69, 9.17) is 9.47 Å². The second kappa shape index (κ2) is 7.48. The third-order valence-electron chi connectivity index (χ3n) is 5.40. The van der Waals surface area contributed by atoms with Crippen LogP contribution in [0.15, 0.2) is 42.5 Å². The number of fused-ring (bicyclic) bond motifs is 1. The van der Waals surface area contributed by atoms with Crippen LogP contribution in [-0.2, 0) is 9.59 Å². The number of hydrogen-bond acceptors (Lipinski definition) is 5. The van der Waals surface area contributed by atoms with E-state index >= 15 is 0 Å². The summed E-state index contributed by atoms with van der Waals surface area (Å²) in [5.41, 5.74) is 1.18. The number of ether oxygens (including phenoxy) is 2. The van der Waals surface area contributed by atoms with E-state index in [1.807, 2.05) is 13.8 Å². The van der Waals surface area contributed by atoms with Crippen molar-refractivity contribution < 1.29 is 23.9 Å². The number of Topliss-reactive ketones (excluding diaryl/α,β-unsaturated/α-hetero) is 1. The van der Waals surface area contributed by atoms with E-state index in [9.17, 15) is 14.4 Å². The van der Waals surface area contributed by atoms with Crippen molar-refractivity contribution in [2.75, 3.05) is 23.9 Å². The average Bonchev–Trinajstić information content (AvgIpc) is 3.09. The van der Waals surface area contributed by atoms with Gasteiger partial charge < -0.3 is 19.7 Å². The number of methoxy groups -OCH3 is 1. The number of nitrogens with one attached hydrogen (secondary N) is 1. The first-order valence-electron chi connectivity index (χ1n) is 9.87. The van der Waals surface area contributed by atoms with Crippen LogP contribution in [0.5, 0.6) is 11.5 Å². The van der Waals surface area contributed by atoms with E-state index < -0.39 is 11.5 Å². The van der Waals surface area contributed by atoms with Crippen molar-refractivity contribution in [2.24, 2.45) is 5.92 Å². The fourth-order valence-electron chi connectivity index (χ4n) is 3.87. The van der Waals surface area contributed by atoms with Gasteiger partial charge in [0.05, 0.1) is 25.0 Å². The zero-order valence-electron chi connectivity index (χ0n) is 17.2. The molecule has 30 heavy (non-hydrogen) atoms. The molecular formula is C23H24N2O5. The van der Waals surface area contributed by atoms with Crippen LogP contribution in [0.2, 0.25) is 0 Å². The number of carbonyl (C=O) groups excluding carboxylic acids is 3. The van der Waals surface area contributed by atoms with Gasteiger partial charge in [0.1, 0.15) is 17.1 Å². The molecule has 4 rings (SSSR count). The predicted octanol–water partition coefficient (Wildman–Crippen LogP) is 3.43. The minimum absolute atomic E-state index is 0.0147. The molecule has 1 atom stereocenters. The number of amides is 2. The summed E-state index contributed by atoms with van der Waals surface area (Å²) in [5.74, 6) is 0.394. The van der Waals surface area contributed by atoms with Crippen LogP contribution in [0.1, 0.15) is 37.0 Å². The molecule has 2 aliphatic heterocycles. The molecule has 1 fully saturated rings. The lowest BCUT2D eigenvalue weighted by atomic mass is 9.93. The van der Waals surface area contributed by atoms with Gasteiger partial charge in [-0.3, -0.25) is 14.4 Å². The van der Waals surface area contributed by atoms with Gasteiger partial charge in [0.2, 0.25) is 11.8 Å². The first kappa shape index (κ1) is 19.9. The summed E-state index contributed by atoms with van der Waals surface area (Å²) in [7, 11) is 1.58. The highest BCUT2D eigenvalue weighted by atomic mass is 16.5. The Morgan fingerprint density at radius 1 is 1.17 bits per heavy atom. The lowest BCUT2D eigenvalue weighted by Gasteiger charge is -2.31. The summed E-state index contributed by atoms with van der Waals surface area (Å²) < 4.78 is 11.0. The summed E-state index contributed by atoms with van der Waals surface area (Å²) in [6.45, 7) is 4.04. The summed E-state index contributed by atoms with van der Waals surface area (Å²) in [6.07, 6.45) is 0.421.